The molecule has 2 rings (SSSR count). The molecule has 0 spiro atoms. The van der Waals surface area contributed by atoms with Crippen LogP contribution in [0, 0.1) is 5.92 Å². The first kappa shape index (κ1) is 13.0. The van der Waals surface area contributed by atoms with Crippen molar-refractivity contribution in [3.63, 3.8) is 0 Å². The molecule has 0 saturated carbocycles. The van der Waals surface area contributed by atoms with Gasteiger partial charge in [-0.25, -0.2) is 4.98 Å². The minimum absolute atomic E-state index is 0.0647. The molecule has 18 heavy (non-hydrogen) atoms. The Kier molecular flexibility index (Phi) is 3.96. The highest BCUT2D eigenvalue weighted by atomic mass is 79.9. The molecule has 1 fully saturated rings. The van der Waals surface area contributed by atoms with Gasteiger partial charge in [0.2, 0.25) is 0 Å². The normalized spacial score (nSPS) is 18.9. The van der Waals surface area contributed by atoms with Gasteiger partial charge < -0.3 is 10.0 Å². The van der Waals surface area contributed by atoms with Gasteiger partial charge in [0, 0.05) is 25.7 Å². The lowest BCUT2D eigenvalue weighted by atomic mass is 10.1. The second-order valence-corrected chi connectivity index (χ2v) is 5.19. The molecule has 1 unspecified atom stereocenters. The number of pyridine rings is 1. The van der Waals surface area contributed by atoms with E-state index in [2.05, 4.69) is 20.9 Å². The van der Waals surface area contributed by atoms with E-state index < -0.39 is 5.97 Å². The van der Waals surface area contributed by atoms with E-state index in [1.807, 2.05) is 0 Å². The maximum Gasteiger partial charge on any atom is 0.303 e. The summed E-state index contributed by atoms with van der Waals surface area (Å²) < 4.78 is 0.684. The van der Waals surface area contributed by atoms with E-state index in [0.717, 1.165) is 6.42 Å². The third kappa shape index (κ3) is 3.07. The molecule has 1 aliphatic heterocycles. The van der Waals surface area contributed by atoms with Gasteiger partial charge in [-0.2, -0.15) is 0 Å². The molecule has 0 bridgehead atoms. The Morgan fingerprint density at radius 1 is 1.50 bits per heavy atom. The van der Waals surface area contributed by atoms with Crippen LogP contribution in [-0.4, -0.2) is 40.0 Å². The summed E-state index contributed by atoms with van der Waals surface area (Å²) in [6, 6.07) is 3.43. The summed E-state index contributed by atoms with van der Waals surface area (Å²) in [6.45, 7) is 1.13. The van der Waals surface area contributed by atoms with Gasteiger partial charge >= 0.3 is 5.97 Å². The average molecular weight is 313 g/mol. The second-order valence-electron chi connectivity index (χ2n) is 4.37. The molecule has 1 amide bonds. The topological polar surface area (TPSA) is 70.5 Å². The molecule has 6 heteroatoms. The largest absolute Gasteiger partial charge is 0.481 e. The fourth-order valence-corrected chi connectivity index (χ4v) is 2.35. The van der Waals surface area contributed by atoms with Crippen LogP contribution in [0.4, 0.5) is 0 Å². The number of carbonyl (C=O) groups excluding carboxylic acids is 1. The van der Waals surface area contributed by atoms with Crippen molar-refractivity contribution in [3.05, 3.63) is 28.5 Å². The molecule has 1 atom stereocenters. The molecule has 5 nitrogen and oxygen atoms in total. The number of nitrogens with zero attached hydrogens (tertiary/aromatic N) is 2. The number of amides is 1. The van der Waals surface area contributed by atoms with Crippen LogP contribution in [0.15, 0.2) is 22.9 Å². The summed E-state index contributed by atoms with van der Waals surface area (Å²) >= 11 is 3.21. The molecule has 0 aromatic carbocycles. The summed E-state index contributed by atoms with van der Waals surface area (Å²) in [5.74, 6) is -0.822. The third-order valence-electron chi connectivity index (χ3n) is 3.01. The van der Waals surface area contributed by atoms with E-state index in [0.29, 0.717) is 23.3 Å². The van der Waals surface area contributed by atoms with Crippen LogP contribution in [0.1, 0.15) is 23.2 Å². The fraction of sp³-hybridized carbons (Fsp3) is 0.417. The molecule has 96 valence electrons. The van der Waals surface area contributed by atoms with Crippen molar-refractivity contribution in [2.45, 2.75) is 12.8 Å². The Morgan fingerprint density at radius 3 is 2.89 bits per heavy atom. The molecular formula is C12H13BrN2O3. The Hall–Kier alpha value is -1.43. The number of carboxylic acids is 1. The highest BCUT2D eigenvalue weighted by molar-refractivity contribution is 9.10. The number of carboxylic acid groups (broad SMARTS) is 1. The highest BCUT2D eigenvalue weighted by Gasteiger charge is 2.28. The lowest BCUT2D eigenvalue weighted by molar-refractivity contribution is -0.138. The zero-order chi connectivity index (χ0) is 13.1. The van der Waals surface area contributed by atoms with Crippen LogP contribution in [0.2, 0.25) is 0 Å². The van der Waals surface area contributed by atoms with Crippen LogP contribution in [0.25, 0.3) is 0 Å². The number of hydrogen-bond acceptors (Lipinski definition) is 3. The molecule has 0 aliphatic carbocycles. The summed E-state index contributed by atoms with van der Waals surface area (Å²) in [5, 5.41) is 8.73. The van der Waals surface area contributed by atoms with Gasteiger partial charge in [0.25, 0.3) is 5.91 Å². The van der Waals surface area contributed by atoms with Crippen molar-refractivity contribution in [3.8, 4) is 0 Å². The number of rotatable bonds is 3. The summed E-state index contributed by atoms with van der Waals surface area (Å²) in [4.78, 5) is 28.4. The van der Waals surface area contributed by atoms with Gasteiger partial charge in [-0.15, -0.1) is 0 Å². The van der Waals surface area contributed by atoms with Crippen molar-refractivity contribution >= 4 is 27.8 Å². The standard InChI is InChI=1S/C12H13BrN2O3/c13-10-2-1-9(6-14-10)12(18)15-4-3-8(7-15)5-11(16)17/h1-2,6,8H,3-5,7H2,(H,16,17). The summed E-state index contributed by atoms with van der Waals surface area (Å²) in [6.07, 6.45) is 2.40. The van der Waals surface area contributed by atoms with Gasteiger partial charge in [-0.1, -0.05) is 0 Å². The van der Waals surface area contributed by atoms with Crippen molar-refractivity contribution in [1.82, 2.24) is 9.88 Å². The van der Waals surface area contributed by atoms with Crippen LogP contribution >= 0.6 is 15.9 Å². The third-order valence-corrected chi connectivity index (χ3v) is 3.48. The van der Waals surface area contributed by atoms with Gasteiger partial charge in [0.15, 0.2) is 0 Å². The first-order valence-electron chi connectivity index (χ1n) is 5.69. The Morgan fingerprint density at radius 2 is 2.28 bits per heavy atom. The second kappa shape index (κ2) is 5.48. The van der Waals surface area contributed by atoms with Crippen molar-refractivity contribution in [2.75, 3.05) is 13.1 Å². The number of aromatic nitrogens is 1. The quantitative estimate of drug-likeness (QED) is 0.864. The van der Waals surface area contributed by atoms with Gasteiger partial charge in [-0.3, -0.25) is 9.59 Å². The monoisotopic (exact) mass is 312 g/mol. The number of aliphatic carboxylic acids is 1. The van der Waals surface area contributed by atoms with Gasteiger partial charge in [-0.05, 0) is 40.4 Å². The van der Waals surface area contributed by atoms with E-state index in [-0.39, 0.29) is 18.2 Å². The van der Waals surface area contributed by atoms with Gasteiger partial charge in [0.05, 0.1) is 5.56 Å². The highest BCUT2D eigenvalue weighted by Crippen LogP contribution is 2.21. The minimum atomic E-state index is -0.806. The molecule has 1 N–H and O–H groups in total. The van der Waals surface area contributed by atoms with E-state index in [9.17, 15) is 9.59 Å². The maximum atomic E-state index is 12.1. The Balaban J connectivity index is 1.99. The Bertz CT molecular complexity index is 461. The Labute approximate surface area is 113 Å². The van der Waals surface area contributed by atoms with E-state index in [1.165, 1.54) is 6.20 Å². The van der Waals surface area contributed by atoms with Crippen LogP contribution in [-0.2, 0) is 4.79 Å². The zero-order valence-corrected chi connectivity index (χ0v) is 11.3. The summed E-state index contributed by atoms with van der Waals surface area (Å²) in [7, 11) is 0. The number of carbonyl (C=O) groups is 2. The SMILES string of the molecule is O=C(O)CC1CCN(C(=O)c2ccc(Br)nc2)C1. The molecule has 0 radical (unpaired) electrons. The predicted octanol–water partition coefficient (Wildman–Crippen LogP) is 1.78. The van der Waals surface area contributed by atoms with Crippen LogP contribution in [0.3, 0.4) is 0 Å². The number of hydrogen-bond donors (Lipinski definition) is 1. The van der Waals surface area contributed by atoms with E-state index in [1.54, 1.807) is 17.0 Å². The summed E-state index contributed by atoms with van der Waals surface area (Å²) in [5.41, 5.74) is 0.536. The molecular weight excluding hydrogens is 300 g/mol. The van der Waals surface area contributed by atoms with E-state index in [4.69, 9.17) is 5.11 Å². The van der Waals surface area contributed by atoms with Crippen molar-refractivity contribution < 1.29 is 14.7 Å². The van der Waals surface area contributed by atoms with Crippen molar-refractivity contribution in [1.29, 1.82) is 0 Å². The average Bonchev–Trinajstić information content (AvgIpc) is 2.76. The predicted molar refractivity (Wildman–Crippen MR) is 68.2 cm³/mol. The molecule has 1 aromatic rings. The van der Waals surface area contributed by atoms with Crippen LogP contribution < -0.4 is 0 Å². The minimum Gasteiger partial charge on any atom is -0.481 e. The zero-order valence-electron chi connectivity index (χ0n) is 9.67. The smallest absolute Gasteiger partial charge is 0.303 e. The first-order valence-corrected chi connectivity index (χ1v) is 6.48. The molecule has 1 saturated heterocycles. The van der Waals surface area contributed by atoms with E-state index >= 15 is 0 Å². The first-order chi connectivity index (χ1) is 8.56. The van der Waals surface area contributed by atoms with Crippen molar-refractivity contribution in [2.24, 2.45) is 5.92 Å². The fourth-order valence-electron chi connectivity index (χ4n) is 2.12. The number of likely N-dealkylation sites (tertiary alicyclic amines) is 1. The van der Waals surface area contributed by atoms with Gasteiger partial charge in [0.1, 0.15) is 4.60 Å². The lowest BCUT2D eigenvalue weighted by Gasteiger charge is -2.16. The number of halogens is 1. The lowest BCUT2D eigenvalue weighted by Crippen LogP contribution is -2.29. The molecule has 2 heterocycles. The molecule has 1 aliphatic rings. The molecule has 1 aromatic heterocycles. The van der Waals surface area contributed by atoms with Crippen LogP contribution in [0.5, 0.6) is 0 Å². The maximum absolute atomic E-state index is 12.1.